The summed E-state index contributed by atoms with van der Waals surface area (Å²) in [5, 5.41) is 0.550. The Hall–Kier alpha value is -2.28. The molecular weight excluding hydrogens is 344 g/mol. The van der Waals surface area contributed by atoms with Crippen LogP contribution >= 0.6 is 11.6 Å². The number of carbonyl (C=O) groups excluding carboxylic acids is 2. The van der Waals surface area contributed by atoms with E-state index >= 15 is 0 Å². The van der Waals surface area contributed by atoms with Crippen LogP contribution < -0.4 is 0 Å². The Bertz CT molecular complexity index is 797. The van der Waals surface area contributed by atoms with Gasteiger partial charge in [0.25, 0.3) is 5.91 Å². The SMILES string of the molecule is CCOC(=O)N1CCN(C(=O)c2c(CC)nc3ccc(Cl)cn23)CC1. The summed E-state index contributed by atoms with van der Waals surface area (Å²) in [4.78, 5) is 32.7. The van der Waals surface area contributed by atoms with Crippen molar-refractivity contribution in [3.63, 3.8) is 0 Å². The number of hydrogen-bond donors (Lipinski definition) is 0. The van der Waals surface area contributed by atoms with Gasteiger partial charge in [0.1, 0.15) is 11.3 Å². The van der Waals surface area contributed by atoms with Crippen LogP contribution in [0.15, 0.2) is 18.3 Å². The van der Waals surface area contributed by atoms with E-state index < -0.39 is 0 Å². The van der Waals surface area contributed by atoms with E-state index in [4.69, 9.17) is 16.3 Å². The van der Waals surface area contributed by atoms with E-state index in [9.17, 15) is 9.59 Å². The lowest BCUT2D eigenvalue weighted by Gasteiger charge is -2.34. The molecule has 0 atom stereocenters. The van der Waals surface area contributed by atoms with Crippen LogP contribution in [0.5, 0.6) is 0 Å². The molecule has 1 saturated heterocycles. The van der Waals surface area contributed by atoms with Gasteiger partial charge in [-0.2, -0.15) is 0 Å². The zero-order valence-corrected chi connectivity index (χ0v) is 15.1. The second-order valence-electron chi connectivity index (χ2n) is 5.81. The lowest BCUT2D eigenvalue weighted by Crippen LogP contribution is -2.51. The van der Waals surface area contributed by atoms with Crippen molar-refractivity contribution in [2.45, 2.75) is 20.3 Å². The summed E-state index contributed by atoms with van der Waals surface area (Å²) >= 11 is 6.09. The summed E-state index contributed by atoms with van der Waals surface area (Å²) in [6.45, 7) is 5.95. The van der Waals surface area contributed by atoms with Crippen molar-refractivity contribution in [3.05, 3.63) is 34.7 Å². The second kappa shape index (κ2) is 7.31. The van der Waals surface area contributed by atoms with Crippen LogP contribution in [-0.4, -0.2) is 64.0 Å². The molecule has 0 N–H and O–H groups in total. The molecule has 0 aliphatic carbocycles. The minimum absolute atomic E-state index is 0.0878. The number of nitrogens with zero attached hydrogens (tertiary/aromatic N) is 4. The highest BCUT2D eigenvalue weighted by Crippen LogP contribution is 2.19. The van der Waals surface area contributed by atoms with Gasteiger partial charge >= 0.3 is 6.09 Å². The summed E-state index contributed by atoms with van der Waals surface area (Å²) in [6.07, 6.45) is 2.04. The van der Waals surface area contributed by atoms with Crippen LogP contribution in [0.2, 0.25) is 5.02 Å². The number of imidazole rings is 1. The highest BCUT2D eigenvalue weighted by atomic mass is 35.5. The Morgan fingerprint density at radius 2 is 1.84 bits per heavy atom. The number of rotatable bonds is 3. The van der Waals surface area contributed by atoms with Crippen LogP contribution in [0.25, 0.3) is 5.65 Å². The van der Waals surface area contributed by atoms with E-state index in [0.717, 1.165) is 5.69 Å². The number of piperazine rings is 1. The molecule has 1 aliphatic rings. The first-order valence-corrected chi connectivity index (χ1v) is 8.80. The molecule has 0 radical (unpaired) electrons. The van der Waals surface area contributed by atoms with Gasteiger partial charge in [0.05, 0.1) is 17.3 Å². The molecule has 1 fully saturated rings. The molecule has 0 unspecified atom stereocenters. The third-order valence-electron chi connectivity index (χ3n) is 4.28. The Morgan fingerprint density at radius 1 is 1.16 bits per heavy atom. The Morgan fingerprint density at radius 3 is 2.48 bits per heavy atom. The molecule has 0 bridgehead atoms. The maximum absolute atomic E-state index is 13.1. The summed E-state index contributed by atoms with van der Waals surface area (Å²) in [6, 6.07) is 3.56. The molecule has 8 heteroatoms. The average Bonchev–Trinajstić information content (AvgIpc) is 2.99. The molecule has 2 aromatic heterocycles. The molecular formula is C17H21ClN4O3. The number of halogens is 1. The molecule has 134 valence electrons. The predicted molar refractivity (Wildman–Crippen MR) is 94.1 cm³/mol. The molecule has 25 heavy (non-hydrogen) atoms. The lowest BCUT2D eigenvalue weighted by molar-refractivity contribution is 0.0564. The second-order valence-corrected chi connectivity index (χ2v) is 6.25. The van der Waals surface area contributed by atoms with E-state index in [1.807, 2.05) is 6.92 Å². The fourth-order valence-electron chi connectivity index (χ4n) is 3.00. The summed E-state index contributed by atoms with van der Waals surface area (Å²) < 4.78 is 6.76. The van der Waals surface area contributed by atoms with E-state index in [0.29, 0.717) is 55.6 Å². The Balaban J connectivity index is 1.81. The van der Waals surface area contributed by atoms with Crippen LogP contribution in [0.3, 0.4) is 0 Å². The fourth-order valence-corrected chi connectivity index (χ4v) is 3.16. The van der Waals surface area contributed by atoms with Gasteiger partial charge < -0.3 is 14.5 Å². The molecule has 3 rings (SSSR count). The monoisotopic (exact) mass is 364 g/mol. The van der Waals surface area contributed by atoms with Gasteiger partial charge in [-0.05, 0) is 25.5 Å². The third kappa shape index (κ3) is 3.42. The zero-order chi connectivity index (χ0) is 18.0. The average molecular weight is 365 g/mol. The summed E-state index contributed by atoms with van der Waals surface area (Å²) in [7, 11) is 0. The number of amides is 2. The minimum Gasteiger partial charge on any atom is -0.450 e. The number of hydrogen-bond acceptors (Lipinski definition) is 4. The minimum atomic E-state index is -0.328. The van der Waals surface area contributed by atoms with Gasteiger partial charge in [-0.3, -0.25) is 9.20 Å². The normalized spacial score (nSPS) is 14.8. The maximum Gasteiger partial charge on any atom is 0.409 e. The van der Waals surface area contributed by atoms with Crippen molar-refractivity contribution in [1.82, 2.24) is 19.2 Å². The molecule has 0 aromatic carbocycles. The molecule has 3 heterocycles. The van der Waals surface area contributed by atoms with Crippen LogP contribution in [0.1, 0.15) is 30.0 Å². The van der Waals surface area contributed by atoms with Gasteiger partial charge in [-0.1, -0.05) is 18.5 Å². The first-order valence-electron chi connectivity index (χ1n) is 8.42. The first kappa shape index (κ1) is 17.5. The van der Waals surface area contributed by atoms with Crippen molar-refractivity contribution >= 4 is 29.2 Å². The highest BCUT2D eigenvalue weighted by Gasteiger charge is 2.28. The number of aromatic nitrogens is 2. The number of ether oxygens (including phenoxy) is 1. The fraction of sp³-hybridized carbons (Fsp3) is 0.471. The van der Waals surface area contributed by atoms with Crippen LogP contribution in [0.4, 0.5) is 4.79 Å². The number of pyridine rings is 1. The topological polar surface area (TPSA) is 67.2 Å². The molecule has 2 amide bonds. The zero-order valence-electron chi connectivity index (χ0n) is 14.4. The van der Waals surface area contributed by atoms with Gasteiger partial charge in [-0.25, -0.2) is 9.78 Å². The van der Waals surface area contributed by atoms with Gasteiger partial charge in [0, 0.05) is 32.4 Å². The number of carbonyl (C=O) groups is 2. The van der Waals surface area contributed by atoms with Crippen molar-refractivity contribution in [1.29, 1.82) is 0 Å². The van der Waals surface area contributed by atoms with E-state index in [-0.39, 0.29) is 12.0 Å². The van der Waals surface area contributed by atoms with Crippen molar-refractivity contribution < 1.29 is 14.3 Å². The number of aryl methyl sites for hydroxylation is 1. The van der Waals surface area contributed by atoms with E-state index in [1.54, 1.807) is 39.5 Å². The maximum atomic E-state index is 13.1. The van der Waals surface area contributed by atoms with Gasteiger partial charge in [-0.15, -0.1) is 0 Å². The van der Waals surface area contributed by atoms with E-state index in [2.05, 4.69) is 4.98 Å². The first-order chi connectivity index (χ1) is 12.0. The Kier molecular flexibility index (Phi) is 5.13. The van der Waals surface area contributed by atoms with Crippen molar-refractivity contribution in [2.75, 3.05) is 32.8 Å². The lowest BCUT2D eigenvalue weighted by atomic mass is 10.2. The molecule has 0 spiro atoms. The summed E-state index contributed by atoms with van der Waals surface area (Å²) in [5.74, 6) is -0.0878. The smallest absolute Gasteiger partial charge is 0.409 e. The summed E-state index contributed by atoms with van der Waals surface area (Å²) in [5.41, 5.74) is 2.00. The molecule has 1 aliphatic heterocycles. The van der Waals surface area contributed by atoms with Gasteiger partial charge in [0.15, 0.2) is 0 Å². The highest BCUT2D eigenvalue weighted by molar-refractivity contribution is 6.30. The quantitative estimate of drug-likeness (QED) is 0.839. The number of fused-ring (bicyclic) bond motifs is 1. The van der Waals surface area contributed by atoms with Crippen molar-refractivity contribution in [2.24, 2.45) is 0 Å². The third-order valence-corrected chi connectivity index (χ3v) is 4.51. The largest absolute Gasteiger partial charge is 0.450 e. The van der Waals surface area contributed by atoms with E-state index in [1.165, 1.54) is 0 Å². The predicted octanol–water partition coefficient (Wildman–Crippen LogP) is 2.46. The van der Waals surface area contributed by atoms with Crippen molar-refractivity contribution in [3.8, 4) is 0 Å². The molecule has 7 nitrogen and oxygen atoms in total. The standard InChI is InChI=1S/C17H21ClN4O3/c1-3-13-15(22-11-12(18)5-6-14(22)19-13)16(23)20-7-9-21(10-8-20)17(24)25-4-2/h5-6,11H,3-4,7-10H2,1-2H3. The molecule has 0 saturated carbocycles. The molecule has 2 aromatic rings. The van der Waals surface area contributed by atoms with Crippen LogP contribution in [-0.2, 0) is 11.2 Å². The Labute approximate surface area is 151 Å². The van der Waals surface area contributed by atoms with Gasteiger partial charge in [0.2, 0.25) is 0 Å². The van der Waals surface area contributed by atoms with Crippen LogP contribution in [0, 0.1) is 0 Å².